The number of hydrogen-bond donors (Lipinski definition) is 3. The second-order valence-corrected chi connectivity index (χ2v) is 9.03. The number of anilines is 1. The van der Waals surface area contributed by atoms with Crippen molar-refractivity contribution < 1.29 is 19.0 Å². The Morgan fingerprint density at radius 1 is 1.30 bits per heavy atom. The molecule has 5 rings (SSSR count). The van der Waals surface area contributed by atoms with Crippen LogP contribution in [0.1, 0.15) is 32.7 Å². The number of nitro groups is 1. The van der Waals surface area contributed by atoms with Crippen LogP contribution in [0.15, 0.2) is 34.7 Å². The molecule has 1 amide bonds. The first-order chi connectivity index (χ1) is 14.4. The zero-order valence-electron chi connectivity index (χ0n) is 16.0. The van der Waals surface area contributed by atoms with E-state index >= 15 is 0 Å². The smallest absolute Gasteiger partial charge is 0.270 e. The summed E-state index contributed by atoms with van der Waals surface area (Å²) in [5.41, 5.74) is 2.25. The van der Waals surface area contributed by atoms with E-state index in [2.05, 4.69) is 17.7 Å². The number of carbonyl (C=O) groups is 1. The number of nitro benzene ring substituents is 1. The van der Waals surface area contributed by atoms with Gasteiger partial charge in [-0.3, -0.25) is 14.9 Å². The van der Waals surface area contributed by atoms with Crippen LogP contribution in [0.3, 0.4) is 0 Å². The van der Waals surface area contributed by atoms with Gasteiger partial charge in [-0.2, -0.15) is 0 Å². The molecule has 0 spiro atoms. The third-order valence-electron chi connectivity index (χ3n) is 5.47. The van der Waals surface area contributed by atoms with Gasteiger partial charge in [0.1, 0.15) is 23.1 Å². The highest BCUT2D eigenvalue weighted by molar-refractivity contribution is 7.16. The van der Waals surface area contributed by atoms with Crippen LogP contribution in [-0.2, 0) is 13.0 Å². The van der Waals surface area contributed by atoms with Gasteiger partial charge in [0.05, 0.1) is 34.0 Å². The summed E-state index contributed by atoms with van der Waals surface area (Å²) in [5, 5.41) is 18.6. The number of non-ortho nitro benzene ring substituents is 1. The average molecular weight is 446 g/mol. The van der Waals surface area contributed by atoms with Gasteiger partial charge in [0.25, 0.3) is 11.6 Å². The van der Waals surface area contributed by atoms with Gasteiger partial charge in [-0.15, -0.1) is 11.3 Å². The molecular formula is C20H18ClN4O4S+. The molecule has 3 N–H and O–H groups in total. The third-order valence-corrected chi connectivity index (χ3v) is 6.96. The molecule has 3 aromatic rings. The first-order valence-electron chi connectivity index (χ1n) is 9.48. The Hall–Kier alpha value is -2.88. The van der Waals surface area contributed by atoms with Crippen molar-refractivity contribution in [1.29, 1.82) is 0 Å². The van der Waals surface area contributed by atoms with Crippen molar-refractivity contribution in [3.05, 3.63) is 67.2 Å². The van der Waals surface area contributed by atoms with E-state index in [0.29, 0.717) is 22.1 Å². The van der Waals surface area contributed by atoms with E-state index in [-0.39, 0.29) is 11.6 Å². The number of rotatable bonds is 3. The molecule has 0 saturated carbocycles. The van der Waals surface area contributed by atoms with Gasteiger partial charge >= 0.3 is 0 Å². The maximum Gasteiger partial charge on any atom is 0.270 e. The molecule has 2 aliphatic rings. The number of fused-ring (bicyclic) bond motifs is 3. The van der Waals surface area contributed by atoms with E-state index in [0.717, 1.165) is 35.6 Å². The minimum Gasteiger partial charge on any atom is -0.457 e. The number of thiophene rings is 1. The molecule has 1 unspecified atom stereocenters. The summed E-state index contributed by atoms with van der Waals surface area (Å²) in [5.74, 6) is 0.786. The van der Waals surface area contributed by atoms with Gasteiger partial charge in [-0.05, 0) is 23.8 Å². The SMILES string of the molecule is C[NH+]1CCc2c(sc3c2C(=O)N[C@H](c2ccc(-c4cc([N+](=O)[O-])ccc4Cl)o2)N3)C1. The minimum atomic E-state index is -0.526. The van der Waals surface area contributed by atoms with Gasteiger partial charge in [0.2, 0.25) is 0 Å². The highest BCUT2D eigenvalue weighted by Gasteiger charge is 2.35. The Morgan fingerprint density at radius 2 is 2.13 bits per heavy atom. The van der Waals surface area contributed by atoms with Crippen LogP contribution in [0.4, 0.5) is 10.7 Å². The van der Waals surface area contributed by atoms with Gasteiger partial charge in [0.15, 0.2) is 6.17 Å². The van der Waals surface area contributed by atoms with Crippen molar-refractivity contribution in [1.82, 2.24) is 5.32 Å². The Kier molecular flexibility index (Phi) is 4.53. The molecule has 4 heterocycles. The largest absolute Gasteiger partial charge is 0.457 e. The standard InChI is InChI=1S/C20H17ClN4O4S/c1-24-7-6-11-16(9-24)30-20-17(11)19(26)22-18(23-20)15-5-4-14(29-15)12-8-10(25(27)28)2-3-13(12)21/h2-5,8,18,23H,6-7,9H2,1H3,(H,22,26)/p+1/t18-/m0/s1. The molecule has 1 aromatic carbocycles. The molecule has 2 aliphatic heterocycles. The first kappa shape index (κ1) is 19.1. The molecule has 0 bridgehead atoms. The third kappa shape index (κ3) is 3.15. The van der Waals surface area contributed by atoms with E-state index < -0.39 is 11.1 Å². The van der Waals surface area contributed by atoms with Crippen molar-refractivity contribution in [3.8, 4) is 11.3 Å². The van der Waals surface area contributed by atoms with Crippen molar-refractivity contribution in [2.24, 2.45) is 0 Å². The number of amides is 1. The normalized spacial score (nSPS) is 20.1. The molecule has 154 valence electrons. The van der Waals surface area contributed by atoms with Crippen LogP contribution in [0.2, 0.25) is 5.02 Å². The van der Waals surface area contributed by atoms with Crippen LogP contribution >= 0.6 is 22.9 Å². The number of nitrogens with one attached hydrogen (secondary N) is 3. The van der Waals surface area contributed by atoms with Gasteiger partial charge in [0, 0.05) is 24.1 Å². The lowest BCUT2D eigenvalue weighted by Gasteiger charge is -2.25. The fourth-order valence-corrected chi connectivity index (χ4v) is 5.54. The highest BCUT2D eigenvalue weighted by atomic mass is 35.5. The summed E-state index contributed by atoms with van der Waals surface area (Å²) in [6, 6.07) is 7.62. The van der Waals surface area contributed by atoms with Crippen LogP contribution in [0.25, 0.3) is 11.3 Å². The van der Waals surface area contributed by atoms with Crippen LogP contribution < -0.4 is 15.5 Å². The Bertz CT molecular complexity index is 1190. The quantitative estimate of drug-likeness (QED) is 0.425. The Balaban J connectivity index is 1.45. The average Bonchev–Trinajstić information content (AvgIpc) is 3.32. The predicted octanol–water partition coefficient (Wildman–Crippen LogP) is 2.99. The zero-order chi connectivity index (χ0) is 21.0. The van der Waals surface area contributed by atoms with Crippen LogP contribution in [-0.4, -0.2) is 24.4 Å². The summed E-state index contributed by atoms with van der Waals surface area (Å²) in [6.45, 7) is 1.93. The highest BCUT2D eigenvalue weighted by Crippen LogP contribution is 2.40. The second-order valence-electron chi connectivity index (χ2n) is 7.52. The molecular weight excluding hydrogens is 428 g/mol. The summed E-state index contributed by atoms with van der Waals surface area (Å²) in [6.07, 6.45) is 0.365. The molecule has 30 heavy (non-hydrogen) atoms. The lowest BCUT2D eigenvalue weighted by molar-refractivity contribution is -0.895. The number of furan rings is 1. The van der Waals surface area contributed by atoms with E-state index in [1.807, 2.05) is 0 Å². The molecule has 2 aromatic heterocycles. The monoisotopic (exact) mass is 445 g/mol. The summed E-state index contributed by atoms with van der Waals surface area (Å²) >= 11 is 7.85. The number of carbonyl (C=O) groups excluding carboxylic acids is 1. The van der Waals surface area contributed by atoms with E-state index in [4.69, 9.17) is 16.0 Å². The second kappa shape index (κ2) is 7.12. The number of hydrogen-bond acceptors (Lipinski definition) is 6. The molecule has 0 aliphatic carbocycles. The predicted molar refractivity (Wildman–Crippen MR) is 113 cm³/mol. The fourth-order valence-electron chi connectivity index (χ4n) is 3.94. The molecule has 0 radical (unpaired) electrons. The Morgan fingerprint density at radius 3 is 2.93 bits per heavy atom. The number of halogens is 1. The molecule has 0 fully saturated rings. The van der Waals surface area contributed by atoms with Gasteiger partial charge in [-0.25, -0.2) is 0 Å². The summed E-state index contributed by atoms with van der Waals surface area (Å²) in [4.78, 5) is 26.1. The maximum absolute atomic E-state index is 12.8. The fraction of sp³-hybridized carbons (Fsp3) is 0.250. The van der Waals surface area contributed by atoms with Crippen molar-refractivity contribution in [2.45, 2.75) is 19.1 Å². The van der Waals surface area contributed by atoms with Gasteiger partial charge in [-0.1, -0.05) is 11.6 Å². The van der Waals surface area contributed by atoms with Crippen LogP contribution in [0.5, 0.6) is 0 Å². The summed E-state index contributed by atoms with van der Waals surface area (Å²) < 4.78 is 5.92. The lowest BCUT2D eigenvalue weighted by atomic mass is 10.0. The Labute approximate surface area is 180 Å². The minimum absolute atomic E-state index is 0.0719. The molecule has 2 atom stereocenters. The summed E-state index contributed by atoms with van der Waals surface area (Å²) in [7, 11) is 2.15. The topological polar surface area (TPSA) is 102 Å². The number of quaternary nitrogens is 1. The first-order valence-corrected chi connectivity index (χ1v) is 10.7. The van der Waals surface area contributed by atoms with Crippen molar-refractivity contribution in [2.75, 3.05) is 18.9 Å². The van der Waals surface area contributed by atoms with Crippen LogP contribution in [0, 0.1) is 10.1 Å². The number of nitrogens with zero attached hydrogens (tertiary/aromatic N) is 1. The van der Waals surface area contributed by atoms with Crippen molar-refractivity contribution >= 4 is 39.5 Å². The lowest BCUT2D eigenvalue weighted by Crippen LogP contribution is -3.08. The molecule has 0 saturated heterocycles. The number of benzene rings is 1. The number of likely N-dealkylation sites (N-methyl/N-ethyl adjacent to an activating group) is 1. The van der Waals surface area contributed by atoms with Crippen molar-refractivity contribution in [3.63, 3.8) is 0 Å². The maximum atomic E-state index is 12.8. The van der Waals surface area contributed by atoms with E-state index in [1.165, 1.54) is 28.0 Å². The van der Waals surface area contributed by atoms with E-state index in [1.54, 1.807) is 23.5 Å². The molecule has 10 heteroatoms. The molecule has 8 nitrogen and oxygen atoms in total. The van der Waals surface area contributed by atoms with Gasteiger partial charge < -0.3 is 20.0 Å². The zero-order valence-corrected chi connectivity index (χ0v) is 17.5. The van der Waals surface area contributed by atoms with E-state index in [9.17, 15) is 14.9 Å².